The zero-order valence-corrected chi connectivity index (χ0v) is 8.97. The third-order valence-electron chi connectivity index (χ3n) is 2.26. The highest BCUT2D eigenvalue weighted by Crippen LogP contribution is 2.33. The number of rotatable bonds is 0. The van der Waals surface area contributed by atoms with E-state index in [-0.39, 0.29) is 17.2 Å². The Morgan fingerprint density at radius 1 is 1.38 bits per heavy atom. The summed E-state index contributed by atoms with van der Waals surface area (Å²) < 4.78 is 0. The Morgan fingerprint density at radius 3 is 2.08 bits per heavy atom. The highest BCUT2D eigenvalue weighted by Gasteiger charge is 2.49. The van der Waals surface area contributed by atoms with E-state index in [1.807, 2.05) is 34.6 Å². The third kappa shape index (κ3) is 1.60. The predicted molar refractivity (Wildman–Crippen MR) is 50.0 cm³/mol. The molecule has 3 heteroatoms. The number of hydrogen-bond acceptors (Lipinski definition) is 2. The van der Waals surface area contributed by atoms with Gasteiger partial charge in [-0.05, 0) is 13.8 Å². The molecule has 1 saturated heterocycles. The molecule has 1 heterocycles. The first kappa shape index (κ1) is 10.2. The van der Waals surface area contributed by atoms with Crippen LogP contribution in [0.3, 0.4) is 0 Å². The van der Waals surface area contributed by atoms with E-state index in [1.54, 1.807) is 0 Å². The van der Waals surface area contributed by atoms with Crippen LogP contribution in [0.5, 0.6) is 0 Å². The van der Waals surface area contributed by atoms with E-state index in [2.05, 4.69) is 0 Å². The summed E-state index contributed by atoms with van der Waals surface area (Å²) in [5, 5.41) is 0. The van der Waals surface area contributed by atoms with Crippen LogP contribution >= 0.6 is 0 Å². The highest BCUT2D eigenvalue weighted by atomic mass is 16.2. The molecule has 0 atom stereocenters. The molecule has 0 spiro atoms. The van der Waals surface area contributed by atoms with Crippen LogP contribution in [0.15, 0.2) is 0 Å². The number of carbonyl (C=O) groups excluding carboxylic acids is 2. The van der Waals surface area contributed by atoms with Gasteiger partial charge in [0, 0.05) is 12.0 Å². The van der Waals surface area contributed by atoms with Gasteiger partial charge in [0.25, 0.3) is 0 Å². The number of β-lactam (4-membered cyclic amide) rings is 1. The van der Waals surface area contributed by atoms with Crippen LogP contribution in [0.25, 0.3) is 0 Å². The van der Waals surface area contributed by atoms with Crippen molar-refractivity contribution in [3.63, 3.8) is 0 Å². The Balaban J connectivity index is 2.71. The van der Waals surface area contributed by atoms with Crippen molar-refractivity contribution in [2.24, 2.45) is 10.8 Å². The second-order valence-corrected chi connectivity index (χ2v) is 5.33. The van der Waals surface area contributed by atoms with Gasteiger partial charge in [-0.2, -0.15) is 0 Å². The van der Waals surface area contributed by atoms with E-state index in [9.17, 15) is 9.59 Å². The van der Waals surface area contributed by atoms with Crippen LogP contribution in [-0.2, 0) is 9.59 Å². The van der Waals surface area contributed by atoms with Crippen molar-refractivity contribution in [3.8, 4) is 0 Å². The second kappa shape index (κ2) is 2.56. The lowest BCUT2D eigenvalue weighted by atomic mass is 9.80. The average molecular weight is 183 g/mol. The fourth-order valence-corrected chi connectivity index (χ4v) is 1.38. The molecule has 13 heavy (non-hydrogen) atoms. The van der Waals surface area contributed by atoms with E-state index in [0.29, 0.717) is 6.54 Å². The molecule has 0 unspecified atom stereocenters. The lowest BCUT2D eigenvalue weighted by Crippen LogP contribution is -2.62. The van der Waals surface area contributed by atoms with Crippen LogP contribution in [-0.4, -0.2) is 23.3 Å². The Kier molecular flexibility index (Phi) is 2.02. The normalized spacial score (nSPS) is 21.3. The molecule has 0 bridgehead atoms. The smallest absolute Gasteiger partial charge is 0.236 e. The summed E-state index contributed by atoms with van der Waals surface area (Å²) in [6, 6.07) is 0. The third-order valence-corrected chi connectivity index (χ3v) is 2.26. The second-order valence-electron chi connectivity index (χ2n) is 5.33. The maximum Gasteiger partial charge on any atom is 0.236 e. The van der Waals surface area contributed by atoms with Crippen molar-refractivity contribution in [1.29, 1.82) is 0 Å². The van der Waals surface area contributed by atoms with Gasteiger partial charge < -0.3 is 0 Å². The standard InChI is InChI=1S/C10H17NO2/c1-9(2,3)7(12)11-6-10(4,5)8(11)13/h6H2,1-5H3. The lowest BCUT2D eigenvalue weighted by molar-refractivity contribution is -0.169. The van der Waals surface area contributed by atoms with Crippen molar-refractivity contribution < 1.29 is 9.59 Å². The maximum absolute atomic E-state index is 11.7. The zero-order valence-electron chi connectivity index (χ0n) is 8.97. The van der Waals surface area contributed by atoms with Crippen molar-refractivity contribution >= 4 is 11.8 Å². The lowest BCUT2D eigenvalue weighted by Gasteiger charge is -2.45. The molecule has 0 N–H and O–H groups in total. The molecule has 0 aromatic heterocycles. The molecular formula is C10H17NO2. The Labute approximate surface area is 79.1 Å². The fraction of sp³-hybridized carbons (Fsp3) is 0.800. The summed E-state index contributed by atoms with van der Waals surface area (Å²) in [5.41, 5.74) is -0.785. The van der Waals surface area contributed by atoms with E-state index in [1.165, 1.54) is 4.90 Å². The minimum absolute atomic E-state index is 0.0487. The largest absolute Gasteiger partial charge is 0.281 e. The van der Waals surface area contributed by atoms with Gasteiger partial charge in [0.2, 0.25) is 11.8 Å². The molecule has 0 aromatic rings. The highest BCUT2D eigenvalue weighted by molar-refractivity contribution is 6.04. The van der Waals surface area contributed by atoms with E-state index in [4.69, 9.17) is 0 Å². The van der Waals surface area contributed by atoms with Gasteiger partial charge in [-0.1, -0.05) is 20.8 Å². The predicted octanol–water partition coefficient (Wildman–Crippen LogP) is 1.43. The van der Waals surface area contributed by atoms with Crippen molar-refractivity contribution in [1.82, 2.24) is 4.90 Å². The molecule has 1 aliphatic rings. The van der Waals surface area contributed by atoms with Gasteiger partial charge in [-0.15, -0.1) is 0 Å². The molecule has 0 aliphatic carbocycles. The quantitative estimate of drug-likeness (QED) is 0.533. The minimum Gasteiger partial charge on any atom is -0.281 e. The van der Waals surface area contributed by atoms with Crippen LogP contribution in [0.4, 0.5) is 0 Å². The summed E-state index contributed by atoms with van der Waals surface area (Å²) >= 11 is 0. The number of amides is 2. The topological polar surface area (TPSA) is 37.4 Å². The first-order valence-electron chi connectivity index (χ1n) is 4.53. The Hall–Kier alpha value is -0.860. The van der Waals surface area contributed by atoms with Crippen LogP contribution in [0.2, 0.25) is 0 Å². The van der Waals surface area contributed by atoms with Gasteiger partial charge in [-0.3, -0.25) is 14.5 Å². The summed E-state index contributed by atoms with van der Waals surface area (Å²) in [7, 11) is 0. The van der Waals surface area contributed by atoms with Gasteiger partial charge >= 0.3 is 0 Å². The summed E-state index contributed by atoms with van der Waals surface area (Å²) in [6.45, 7) is 9.77. The fourth-order valence-electron chi connectivity index (χ4n) is 1.38. The average Bonchev–Trinajstić information content (AvgIpc) is 1.97. The van der Waals surface area contributed by atoms with Crippen LogP contribution in [0, 0.1) is 10.8 Å². The number of nitrogens with zero attached hydrogens (tertiary/aromatic N) is 1. The molecule has 0 radical (unpaired) electrons. The molecule has 0 saturated carbocycles. The van der Waals surface area contributed by atoms with Crippen molar-refractivity contribution in [2.75, 3.05) is 6.54 Å². The number of imide groups is 1. The molecule has 3 nitrogen and oxygen atoms in total. The minimum atomic E-state index is -0.452. The molecule has 1 fully saturated rings. The number of carbonyl (C=O) groups is 2. The summed E-state index contributed by atoms with van der Waals surface area (Å²) in [5.74, 6) is -0.121. The zero-order chi connectivity index (χ0) is 10.4. The SMILES string of the molecule is CC(C)(C)C(=O)N1CC(C)(C)C1=O. The molecule has 1 aliphatic heterocycles. The molecule has 2 amide bonds. The van der Waals surface area contributed by atoms with Crippen LogP contribution < -0.4 is 0 Å². The number of hydrogen-bond donors (Lipinski definition) is 0. The van der Waals surface area contributed by atoms with Crippen molar-refractivity contribution in [2.45, 2.75) is 34.6 Å². The summed E-state index contributed by atoms with van der Waals surface area (Å²) in [6.07, 6.45) is 0. The van der Waals surface area contributed by atoms with Gasteiger partial charge in [0.15, 0.2) is 0 Å². The van der Waals surface area contributed by atoms with E-state index in [0.717, 1.165) is 0 Å². The number of likely N-dealkylation sites (tertiary alicyclic amines) is 1. The molecule has 74 valence electrons. The Morgan fingerprint density at radius 2 is 1.85 bits per heavy atom. The van der Waals surface area contributed by atoms with Crippen LogP contribution in [0.1, 0.15) is 34.6 Å². The first-order chi connectivity index (χ1) is 5.66. The van der Waals surface area contributed by atoms with Crippen molar-refractivity contribution in [3.05, 3.63) is 0 Å². The molecule has 0 aromatic carbocycles. The van der Waals surface area contributed by atoms with Gasteiger partial charge in [0.05, 0.1) is 5.41 Å². The van der Waals surface area contributed by atoms with Gasteiger partial charge in [0.1, 0.15) is 0 Å². The monoisotopic (exact) mass is 183 g/mol. The Bertz CT molecular complexity index is 261. The summed E-state index contributed by atoms with van der Waals surface area (Å²) in [4.78, 5) is 24.5. The molecule has 1 rings (SSSR count). The van der Waals surface area contributed by atoms with Gasteiger partial charge in [-0.25, -0.2) is 0 Å². The van der Waals surface area contributed by atoms with E-state index < -0.39 is 5.41 Å². The first-order valence-corrected chi connectivity index (χ1v) is 4.53. The van der Waals surface area contributed by atoms with E-state index >= 15 is 0 Å². The maximum atomic E-state index is 11.7. The molecular weight excluding hydrogens is 166 g/mol.